The number of fused-ring (bicyclic) bond motifs is 2. The number of nitrogens with two attached hydrogens (primary N) is 1. The van der Waals surface area contributed by atoms with E-state index in [1.807, 2.05) is 48.5 Å². The van der Waals surface area contributed by atoms with Crippen molar-refractivity contribution in [2.75, 3.05) is 5.73 Å². The van der Waals surface area contributed by atoms with E-state index >= 15 is 0 Å². The first kappa shape index (κ1) is 17.9. The second-order valence-corrected chi connectivity index (χ2v) is 6.58. The Balaban J connectivity index is 0.00000196. The second kappa shape index (κ2) is 7.14. The highest BCUT2D eigenvalue weighted by Crippen LogP contribution is 2.37. The van der Waals surface area contributed by atoms with Crippen molar-refractivity contribution in [3.63, 3.8) is 0 Å². The van der Waals surface area contributed by atoms with Crippen LogP contribution in [0.5, 0.6) is 0 Å². The van der Waals surface area contributed by atoms with Gasteiger partial charge in [0, 0.05) is 16.8 Å². The minimum atomic E-state index is -0.879. The van der Waals surface area contributed by atoms with Gasteiger partial charge in [-0.15, -0.1) is 0 Å². The fraction of sp³-hybridized carbons (Fsp3) is 0.238. The second-order valence-electron chi connectivity index (χ2n) is 6.58. The molecule has 0 amide bonds. The maximum absolute atomic E-state index is 12.1. The van der Waals surface area contributed by atoms with Gasteiger partial charge in [0.2, 0.25) is 0 Å². The largest absolute Gasteiger partial charge is 0.481 e. The Labute approximate surface area is 151 Å². The number of rotatable bonds is 3. The zero-order valence-electron chi connectivity index (χ0n) is 14.4. The van der Waals surface area contributed by atoms with Crippen LogP contribution in [0.25, 0.3) is 10.9 Å². The molecular formula is C21H22N2O3. The van der Waals surface area contributed by atoms with Crippen molar-refractivity contribution in [1.82, 2.24) is 4.98 Å². The molecule has 1 aliphatic carbocycles. The van der Waals surface area contributed by atoms with Gasteiger partial charge in [0.25, 0.3) is 0 Å². The lowest BCUT2D eigenvalue weighted by Gasteiger charge is -2.22. The van der Waals surface area contributed by atoms with Crippen molar-refractivity contribution < 1.29 is 15.4 Å². The Morgan fingerprint density at radius 3 is 2.50 bits per heavy atom. The van der Waals surface area contributed by atoms with Gasteiger partial charge in [-0.25, -0.2) is 0 Å². The molecule has 1 aliphatic rings. The fourth-order valence-corrected chi connectivity index (χ4v) is 3.88. The van der Waals surface area contributed by atoms with Crippen LogP contribution >= 0.6 is 0 Å². The summed E-state index contributed by atoms with van der Waals surface area (Å²) in [5.41, 5.74) is 11.7. The number of carboxylic acid groups (broad SMARTS) is 1. The molecule has 5 N–H and O–H groups in total. The standard InChI is InChI=1S/C21H20N2O2.H2O/c22-20-14-9-4-5-11-16(14)23-17-12-6-10-15(19(17)20)18(21(24)25)13-7-2-1-3-8-13;/h1-3,6-8,10,12,18H,4-5,9,11H2,(H2,22,23)(H,24,25);1H2. The molecule has 0 spiro atoms. The lowest BCUT2D eigenvalue weighted by Crippen LogP contribution is -2.16. The number of aliphatic carboxylic acids is 1. The predicted molar refractivity (Wildman–Crippen MR) is 102 cm³/mol. The lowest BCUT2D eigenvalue weighted by molar-refractivity contribution is -0.137. The third-order valence-corrected chi connectivity index (χ3v) is 5.05. The summed E-state index contributed by atoms with van der Waals surface area (Å²) in [6, 6.07) is 15.0. The van der Waals surface area contributed by atoms with Crippen molar-refractivity contribution in [1.29, 1.82) is 0 Å². The third-order valence-electron chi connectivity index (χ3n) is 5.05. The van der Waals surface area contributed by atoms with Gasteiger partial charge in [-0.05, 0) is 48.4 Å². The van der Waals surface area contributed by atoms with Gasteiger partial charge in [-0.1, -0.05) is 42.5 Å². The van der Waals surface area contributed by atoms with Gasteiger partial charge in [0.05, 0.1) is 5.52 Å². The number of aryl methyl sites for hydroxylation is 1. The normalized spacial score (nSPS) is 14.3. The van der Waals surface area contributed by atoms with Crippen LogP contribution in [0.1, 0.15) is 41.1 Å². The van der Waals surface area contributed by atoms with Gasteiger partial charge in [0.1, 0.15) is 5.92 Å². The highest BCUT2D eigenvalue weighted by atomic mass is 16.4. The molecule has 1 heterocycles. The maximum Gasteiger partial charge on any atom is 0.315 e. The van der Waals surface area contributed by atoms with Crippen molar-refractivity contribution in [3.05, 3.63) is 70.9 Å². The number of nitrogens with zero attached hydrogens (tertiary/aromatic N) is 1. The predicted octanol–water partition coefficient (Wildman–Crippen LogP) is 3.09. The zero-order valence-corrected chi connectivity index (χ0v) is 14.4. The van der Waals surface area contributed by atoms with E-state index in [4.69, 9.17) is 10.7 Å². The minimum absolute atomic E-state index is 0. The average Bonchev–Trinajstić information content (AvgIpc) is 2.63. The maximum atomic E-state index is 12.1. The first-order chi connectivity index (χ1) is 12.2. The highest BCUT2D eigenvalue weighted by Gasteiger charge is 2.26. The first-order valence-electron chi connectivity index (χ1n) is 8.64. The van der Waals surface area contributed by atoms with E-state index < -0.39 is 11.9 Å². The number of hydrogen-bond acceptors (Lipinski definition) is 3. The van der Waals surface area contributed by atoms with Gasteiger partial charge in [-0.2, -0.15) is 0 Å². The van der Waals surface area contributed by atoms with Crippen molar-refractivity contribution >= 4 is 22.6 Å². The first-order valence-corrected chi connectivity index (χ1v) is 8.64. The van der Waals surface area contributed by atoms with Gasteiger partial charge < -0.3 is 16.3 Å². The smallest absolute Gasteiger partial charge is 0.315 e. The molecule has 5 nitrogen and oxygen atoms in total. The van der Waals surface area contributed by atoms with Crippen LogP contribution in [0.2, 0.25) is 0 Å². The number of aromatic nitrogens is 1. The van der Waals surface area contributed by atoms with Crippen LogP contribution in [0.15, 0.2) is 48.5 Å². The monoisotopic (exact) mass is 350 g/mol. The number of hydrogen-bond donors (Lipinski definition) is 2. The molecule has 0 radical (unpaired) electrons. The van der Waals surface area contributed by atoms with Gasteiger partial charge in [-0.3, -0.25) is 9.78 Å². The molecule has 1 atom stereocenters. The van der Waals surface area contributed by atoms with E-state index in [0.29, 0.717) is 5.69 Å². The summed E-state index contributed by atoms with van der Waals surface area (Å²) in [7, 11) is 0. The van der Waals surface area contributed by atoms with E-state index in [9.17, 15) is 9.90 Å². The van der Waals surface area contributed by atoms with Crippen LogP contribution in [-0.2, 0) is 17.6 Å². The number of carbonyl (C=O) groups is 1. The molecule has 5 heteroatoms. The number of benzene rings is 2. The van der Waals surface area contributed by atoms with Crippen molar-refractivity contribution in [2.24, 2.45) is 0 Å². The topological polar surface area (TPSA) is 108 Å². The molecule has 2 aromatic carbocycles. The van der Waals surface area contributed by atoms with E-state index in [1.54, 1.807) is 0 Å². The van der Waals surface area contributed by atoms with Gasteiger partial charge in [0.15, 0.2) is 0 Å². The molecule has 0 bridgehead atoms. The summed E-state index contributed by atoms with van der Waals surface area (Å²) in [5, 5.41) is 10.7. The zero-order chi connectivity index (χ0) is 17.4. The molecule has 134 valence electrons. The van der Waals surface area contributed by atoms with Crippen LogP contribution in [0.3, 0.4) is 0 Å². The van der Waals surface area contributed by atoms with Crippen LogP contribution < -0.4 is 5.73 Å². The summed E-state index contributed by atoms with van der Waals surface area (Å²) in [6.45, 7) is 0. The number of anilines is 1. The number of carboxylic acids is 1. The average molecular weight is 350 g/mol. The van der Waals surface area contributed by atoms with Crippen LogP contribution in [0.4, 0.5) is 5.69 Å². The molecule has 26 heavy (non-hydrogen) atoms. The van der Waals surface area contributed by atoms with Crippen molar-refractivity contribution in [3.8, 4) is 0 Å². The van der Waals surface area contributed by atoms with E-state index in [1.165, 1.54) is 0 Å². The molecule has 3 aromatic rings. The lowest BCUT2D eigenvalue weighted by atomic mass is 9.86. The van der Waals surface area contributed by atoms with E-state index in [-0.39, 0.29) is 5.48 Å². The molecule has 1 aromatic heterocycles. The molecule has 0 aliphatic heterocycles. The molecule has 0 saturated heterocycles. The summed E-state index contributed by atoms with van der Waals surface area (Å²) in [5.74, 6) is -1.63. The number of pyridine rings is 1. The SMILES string of the molecule is Nc1c2c(nc3cccc(C(C(=O)O)c4ccccc4)c13)CCCC2.O. The van der Waals surface area contributed by atoms with Gasteiger partial charge >= 0.3 is 5.97 Å². The molecule has 4 rings (SSSR count). The summed E-state index contributed by atoms with van der Waals surface area (Å²) in [6.07, 6.45) is 4.10. The number of nitrogen functional groups attached to an aromatic ring is 1. The van der Waals surface area contributed by atoms with E-state index in [2.05, 4.69) is 0 Å². The Kier molecular flexibility index (Phi) is 4.91. The Hall–Kier alpha value is -2.92. The highest BCUT2D eigenvalue weighted by molar-refractivity contribution is 5.99. The summed E-state index contributed by atoms with van der Waals surface area (Å²) in [4.78, 5) is 16.9. The quantitative estimate of drug-likeness (QED) is 0.756. The summed E-state index contributed by atoms with van der Waals surface area (Å²) < 4.78 is 0. The molecule has 0 fully saturated rings. The summed E-state index contributed by atoms with van der Waals surface area (Å²) >= 11 is 0. The minimum Gasteiger partial charge on any atom is -0.481 e. The van der Waals surface area contributed by atoms with Crippen LogP contribution in [0, 0.1) is 0 Å². The Bertz CT molecular complexity index is 954. The Morgan fingerprint density at radius 2 is 1.77 bits per heavy atom. The fourth-order valence-electron chi connectivity index (χ4n) is 3.88. The Morgan fingerprint density at radius 1 is 1.04 bits per heavy atom. The molecular weight excluding hydrogens is 328 g/mol. The van der Waals surface area contributed by atoms with Crippen molar-refractivity contribution in [2.45, 2.75) is 31.6 Å². The van der Waals surface area contributed by atoms with E-state index in [0.717, 1.165) is 59.0 Å². The molecule has 1 unspecified atom stereocenters. The third kappa shape index (κ3) is 2.91. The van der Waals surface area contributed by atoms with Crippen LogP contribution in [-0.4, -0.2) is 21.5 Å². The molecule has 0 saturated carbocycles.